The molecule has 3 nitrogen and oxygen atoms in total. The molecule has 2 heterocycles. The summed E-state index contributed by atoms with van der Waals surface area (Å²) in [4.78, 5) is 16.6. The number of hydrogen-bond donors (Lipinski definition) is 1. The van der Waals surface area contributed by atoms with Gasteiger partial charge in [0.15, 0.2) is 16.8 Å². The SMILES string of the molecule is O=C(Nc1nc2cc(F)c(F)cc2s1)c1ccc(C2SCCCS2)cc1. The Hall–Kier alpha value is -1.64. The number of carbonyl (C=O) groups excluding carboxylic acids is 1. The maximum absolute atomic E-state index is 13.3. The summed E-state index contributed by atoms with van der Waals surface area (Å²) in [5.41, 5.74) is 2.06. The molecular weight excluding hydrogens is 394 g/mol. The molecule has 0 radical (unpaired) electrons. The van der Waals surface area contributed by atoms with Crippen LogP contribution in [0.3, 0.4) is 0 Å². The van der Waals surface area contributed by atoms with E-state index >= 15 is 0 Å². The lowest BCUT2D eigenvalue weighted by molar-refractivity contribution is 0.102. The second kappa shape index (κ2) is 7.54. The number of thiazole rings is 1. The number of thioether (sulfide) groups is 2. The minimum Gasteiger partial charge on any atom is -0.298 e. The lowest BCUT2D eigenvalue weighted by Gasteiger charge is -2.21. The molecule has 0 bridgehead atoms. The predicted molar refractivity (Wildman–Crippen MR) is 106 cm³/mol. The molecule has 0 atom stereocenters. The van der Waals surface area contributed by atoms with E-state index in [4.69, 9.17) is 0 Å². The number of carbonyl (C=O) groups is 1. The van der Waals surface area contributed by atoms with E-state index in [9.17, 15) is 13.6 Å². The molecule has 1 amide bonds. The van der Waals surface area contributed by atoms with Gasteiger partial charge in [0.25, 0.3) is 5.91 Å². The summed E-state index contributed by atoms with van der Waals surface area (Å²) >= 11 is 4.97. The number of benzene rings is 2. The fourth-order valence-electron chi connectivity index (χ4n) is 2.62. The van der Waals surface area contributed by atoms with Crippen LogP contribution in [0.4, 0.5) is 13.9 Å². The number of aromatic nitrogens is 1. The summed E-state index contributed by atoms with van der Waals surface area (Å²) in [5, 5.41) is 3.02. The largest absolute Gasteiger partial charge is 0.298 e. The maximum atomic E-state index is 13.3. The van der Waals surface area contributed by atoms with Gasteiger partial charge in [-0.05, 0) is 41.7 Å². The number of fused-ring (bicyclic) bond motifs is 1. The van der Waals surface area contributed by atoms with Gasteiger partial charge in [0, 0.05) is 11.6 Å². The molecule has 1 saturated heterocycles. The fraction of sp³-hybridized carbons (Fsp3) is 0.222. The van der Waals surface area contributed by atoms with Crippen molar-refractivity contribution in [3.8, 4) is 0 Å². The molecule has 1 aliphatic rings. The van der Waals surface area contributed by atoms with Gasteiger partial charge in [0.2, 0.25) is 0 Å². The topological polar surface area (TPSA) is 42.0 Å². The van der Waals surface area contributed by atoms with Crippen LogP contribution >= 0.6 is 34.9 Å². The highest BCUT2D eigenvalue weighted by molar-refractivity contribution is 8.16. The highest BCUT2D eigenvalue weighted by Gasteiger charge is 2.17. The van der Waals surface area contributed by atoms with Crippen LogP contribution in [0.15, 0.2) is 36.4 Å². The lowest BCUT2D eigenvalue weighted by atomic mass is 10.1. The van der Waals surface area contributed by atoms with Crippen LogP contribution < -0.4 is 5.32 Å². The zero-order valence-corrected chi connectivity index (χ0v) is 15.9. The van der Waals surface area contributed by atoms with E-state index in [1.54, 1.807) is 12.1 Å². The quantitative estimate of drug-likeness (QED) is 0.604. The van der Waals surface area contributed by atoms with E-state index in [1.807, 2.05) is 35.7 Å². The third kappa shape index (κ3) is 3.72. The summed E-state index contributed by atoms with van der Waals surface area (Å²) in [6.07, 6.45) is 1.24. The van der Waals surface area contributed by atoms with Crippen LogP contribution in [-0.4, -0.2) is 22.4 Å². The molecule has 0 unspecified atom stereocenters. The van der Waals surface area contributed by atoms with Crippen molar-refractivity contribution in [2.45, 2.75) is 11.0 Å². The number of hydrogen-bond acceptors (Lipinski definition) is 5. The van der Waals surface area contributed by atoms with E-state index in [-0.39, 0.29) is 5.91 Å². The van der Waals surface area contributed by atoms with Crippen molar-refractivity contribution in [2.24, 2.45) is 0 Å². The molecule has 4 rings (SSSR count). The van der Waals surface area contributed by atoms with Crippen molar-refractivity contribution in [2.75, 3.05) is 16.8 Å². The van der Waals surface area contributed by atoms with Crippen molar-refractivity contribution in [3.63, 3.8) is 0 Å². The molecule has 0 spiro atoms. The Morgan fingerprint density at radius 3 is 2.50 bits per heavy atom. The van der Waals surface area contributed by atoms with Crippen molar-refractivity contribution >= 4 is 56.1 Å². The minimum absolute atomic E-state index is 0.291. The molecule has 1 fully saturated rings. The zero-order valence-electron chi connectivity index (χ0n) is 13.5. The predicted octanol–water partition coefficient (Wildman–Crippen LogP) is 5.70. The number of halogens is 2. The number of nitrogens with zero attached hydrogens (tertiary/aromatic N) is 1. The number of nitrogens with one attached hydrogen (secondary N) is 1. The molecule has 3 aromatic rings. The summed E-state index contributed by atoms with van der Waals surface area (Å²) in [6.45, 7) is 0. The first-order valence-electron chi connectivity index (χ1n) is 8.00. The second-order valence-corrected chi connectivity index (χ2v) is 9.51. The Balaban J connectivity index is 1.49. The van der Waals surface area contributed by atoms with Gasteiger partial charge in [-0.2, -0.15) is 0 Å². The molecule has 134 valence electrons. The molecule has 0 saturated carbocycles. The van der Waals surface area contributed by atoms with Crippen LogP contribution in [0, 0.1) is 11.6 Å². The first-order valence-corrected chi connectivity index (χ1v) is 10.9. The first kappa shape index (κ1) is 17.8. The van der Waals surface area contributed by atoms with Crippen LogP contribution in [0.5, 0.6) is 0 Å². The average Bonchev–Trinajstić information content (AvgIpc) is 3.04. The monoisotopic (exact) mass is 408 g/mol. The summed E-state index contributed by atoms with van der Waals surface area (Å²) in [6, 6.07) is 9.68. The van der Waals surface area contributed by atoms with Gasteiger partial charge in [-0.15, -0.1) is 23.5 Å². The van der Waals surface area contributed by atoms with E-state index in [2.05, 4.69) is 10.3 Å². The van der Waals surface area contributed by atoms with E-state index < -0.39 is 11.6 Å². The van der Waals surface area contributed by atoms with Crippen molar-refractivity contribution < 1.29 is 13.6 Å². The molecule has 1 aromatic heterocycles. The van der Waals surface area contributed by atoms with Crippen LogP contribution in [0.2, 0.25) is 0 Å². The van der Waals surface area contributed by atoms with Crippen molar-refractivity contribution in [1.82, 2.24) is 4.98 Å². The Morgan fingerprint density at radius 2 is 1.77 bits per heavy atom. The molecule has 1 aliphatic heterocycles. The lowest BCUT2D eigenvalue weighted by Crippen LogP contribution is -2.11. The average molecular weight is 409 g/mol. The number of anilines is 1. The highest BCUT2D eigenvalue weighted by atomic mass is 32.2. The van der Waals surface area contributed by atoms with Gasteiger partial charge in [-0.1, -0.05) is 23.5 Å². The molecule has 0 aliphatic carbocycles. The first-order chi connectivity index (χ1) is 12.6. The number of amides is 1. The smallest absolute Gasteiger partial charge is 0.257 e. The van der Waals surface area contributed by atoms with Gasteiger partial charge >= 0.3 is 0 Å². The highest BCUT2D eigenvalue weighted by Crippen LogP contribution is 2.43. The van der Waals surface area contributed by atoms with E-state index in [0.717, 1.165) is 23.5 Å². The molecular formula is C18H14F2N2OS3. The Bertz CT molecular complexity index is 914. The Kier molecular flexibility index (Phi) is 5.15. The molecule has 1 N–H and O–H groups in total. The summed E-state index contributed by atoms with van der Waals surface area (Å²) in [5.74, 6) is 0.167. The van der Waals surface area contributed by atoms with Crippen molar-refractivity contribution in [3.05, 3.63) is 59.2 Å². The van der Waals surface area contributed by atoms with Crippen molar-refractivity contribution in [1.29, 1.82) is 0 Å². The van der Waals surface area contributed by atoms with Crippen LogP contribution in [0.1, 0.15) is 26.9 Å². The van der Waals surface area contributed by atoms with Crippen LogP contribution in [0.25, 0.3) is 10.2 Å². The molecule has 26 heavy (non-hydrogen) atoms. The van der Waals surface area contributed by atoms with Gasteiger partial charge in [0.05, 0.1) is 14.8 Å². The third-order valence-corrected chi connectivity index (χ3v) is 7.87. The Labute approximate surface area is 161 Å². The summed E-state index contributed by atoms with van der Waals surface area (Å²) < 4.78 is 27.5. The van der Waals surface area contributed by atoms with Gasteiger partial charge in [-0.3, -0.25) is 10.1 Å². The third-order valence-electron chi connectivity index (χ3n) is 3.92. The molecule has 2 aromatic carbocycles. The maximum Gasteiger partial charge on any atom is 0.257 e. The number of rotatable bonds is 3. The zero-order chi connectivity index (χ0) is 18.1. The van der Waals surface area contributed by atoms with Gasteiger partial charge in [-0.25, -0.2) is 13.8 Å². The minimum atomic E-state index is -0.949. The van der Waals surface area contributed by atoms with E-state index in [1.165, 1.54) is 23.5 Å². The summed E-state index contributed by atoms with van der Waals surface area (Å²) in [7, 11) is 0. The standard InChI is InChI=1S/C18H14F2N2OS3/c19-12-8-14-15(9-13(12)20)26-18(21-14)22-16(23)10-2-4-11(5-3-10)17-24-6-1-7-25-17/h2-5,8-9,17H,1,6-7H2,(H,21,22,23). The fourth-order valence-corrected chi connectivity index (χ4v) is 6.38. The van der Waals surface area contributed by atoms with Gasteiger partial charge in [0.1, 0.15) is 0 Å². The van der Waals surface area contributed by atoms with Crippen LogP contribution in [-0.2, 0) is 0 Å². The molecule has 8 heteroatoms. The Morgan fingerprint density at radius 1 is 1.08 bits per heavy atom. The second-order valence-electron chi connectivity index (χ2n) is 5.76. The van der Waals surface area contributed by atoms with E-state index in [0.29, 0.717) is 25.5 Å². The normalized spacial score (nSPS) is 15.3. The van der Waals surface area contributed by atoms with Gasteiger partial charge < -0.3 is 0 Å².